The van der Waals surface area contributed by atoms with Gasteiger partial charge >= 0.3 is 0 Å². The average Bonchev–Trinajstić information content (AvgIpc) is 2.25. The van der Waals surface area contributed by atoms with Crippen LogP contribution in [0.3, 0.4) is 0 Å². The second-order valence-corrected chi connectivity index (χ2v) is 9.77. The van der Waals surface area contributed by atoms with Crippen LogP contribution in [-0.2, 0) is 7.59 Å². The van der Waals surface area contributed by atoms with Crippen LogP contribution >= 0.6 is 69.6 Å². The summed E-state index contributed by atoms with van der Waals surface area (Å²) in [6, 6.07) is -0.287. The molecule has 11 heteroatoms. The van der Waals surface area contributed by atoms with Crippen molar-refractivity contribution in [2.24, 2.45) is 5.73 Å². The molecule has 1 unspecified atom stereocenters. The van der Waals surface area contributed by atoms with E-state index in [4.69, 9.17) is 75.3 Å². The summed E-state index contributed by atoms with van der Waals surface area (Å²) in [5.74, 6) is 0.0547. The third-order valence-electron chi connectivity index (χ3n) is 2.62. The summed E-state index contributed by atoms with van der Waals surface area (Å²) in [6.45, 7) is 0.256. The molecule has 0 aliphatic carbocycles. The fraction of sp³-hybridized carbons (Fsp3) is 0.700. The second kappa shape index (κ2) is 6.65. The fourth-order valence-corrected chi connectivity index (χ4v) is 2.07. The van der Waals surface area contributed by atoms with Gasteiger partial charge in [0.15, 0.2) is 23.5 Å². The average molecular weight is 417 g/mol. The van der Waals surface area contributed by atoms with Gasteiger partial charge in [-0.15, -0.1) is 0 Å². The molecule has 1 heterocycles. The van der Waals surface area contributed by atoms with Gasteiger partial charge in [0.1, 0.15) is 0 Å². The first-order valence-corrected chi connectivity index (χ1v) is 7.95. The Balaban J connectivity index is 3.52. The topological polar surface area (TPSA) is 64.7 Å². The Morgan fingerprint density at radius 1 is 0.905 bits per heavy atom. The van der Waals surface area contributed by atoms with E-state index in [0.717, 1.165) is 0 Å². The number of nitrogens with zero attached hydrogens (tertiary/aromatic N) is 4. The van der Waals surface area contributed by atoms with Crippen molar-refractivity contribution in [2.75, 3.05) is 27.7 Å². The molecule has 0 aromatic carbocycles. The van der Waals surface area contributed by atoms with E-state index in [-0.39, 0.29) is 24.2 Å². The van der Waals surface area contributed by atoms with Crippen molar-refractivity contribution >= 4 is 69.6 Å². The van der Waals surface area contributed by atoms with Crippen LogP contribution in [0.4, 0.5) is 0 Å². The van der Waals surface area contributed by atoms with Gasteiger partial charge in [-0.3, -0.25) is 0 Å². The maximum atomic E-state index is 5.83. The predicted molar refractivity (Wildman–Crippen MR) is 88.1 cm³/mol. The Morgan fingerprint density at radius 3 is 1.52 bits per heavy atom. The SMILES string of the molecule is C[N+](C)(C)C(CN)c1nc(C(Cl)(Cl)Cl)nc(C(Cl)(Cl)Cl)n1. The van der Waals surface area contributed by atoms with Gasteiger partial charge in [-0.25, -0.2) is 15.0 Å². The van der Waals surface area contributed by atoms with Gasteiger partial charge < -0.3 is 10.2 Å². The molecule has 21 heavy (non-hydrogen) atoms. The van der Waals surface area contributed by atoms with Gasteiger partial charge in [0.05, 0.1) is 27.7 Å². The molecule has 120 valence electrons. The molecule has 0 amide bonds. The number of alkyl halides is 6. The zero-order valence-corrected chi connectivity index (χ0v) is 16.0. The van der Waals surface area contributed by atoms with E-state index in [1.807, 2.05) is 21.1 Å². The van der Waals surface area contributed by atoms with Gasteiger partial charge in [-0.1, -0.05) is 69.6 Å². The van der Waals surface area contributed by atoms with Crippen molar-refractivity contribution in [3.63, 3.8) is 0 Å². The normalized spacial score (nSPS) is 15.1. The van der Waals surface area contributed by atoms with Crippen LogP contribution in [0.2, 0.25) is 0 Å². The number of nitrogens with two attached hydrogens (primary N) is 1. The van der Waals surface area contributed by atoms with Crippen LogP contribution in [0.25, 0.3) is 0 Å². The van der Waals surface area contributed by atoms with Crippen molar-refractivity contribution in [1.29, 1.82) is 0 Å². The first-order valence-electron chi connectivity index (χ1n) is 5.68. The quantitative estimate of drug-likeness (QED) is 0.606. The number of hydrogen-bond acceptors (Lipinski definition) is 4. The van der Waals surface area contributed by atoms with Crippen molar-refractivity contribution in [1.82, 2.24) is 15.0 Å². The van der Waals surface area contributed by atoms with Gasteiger partial charge in [0.2, 0.25) is 7.59 Å². The summed E-state index contributed by atoms with van der Waals surface area (Å²) in [4.78, 5) is 12.2. The highest BCUT2D eigenvalue weighted by Crippen LogP contribution is 2.40. The zero-order valence-electron chi connectivity index (χ0n) is 11.4. The van der Waals surface area contributed by atoms with E-state index in [1.54, 1.807) is 0 Å². The smallest absolute Gasteiger partial charge is 0.250 e. The van der Waals surface area contributed by atoms with Crippen molar-refractivity contribution < 1.29 is 4.48 Å². The molecule has 0 fully saturated rings. The number of aromatic nitrogens is 3. The second-order valence-electron chi connectivity index (χ2n) is 5.20. The minimum atomic E-state index is -1.87. The molecule has 1 rings (SSSR count). The molecule has 0 bridgehead atoms. The van der Waals surface area contributed by atoms with Crippen LogP contribution in [0.5, 0.6) is 0 Å². The lowest BCUT2D eigenvalue weighted by atomic mass is 10.2. The van der Waals surface area contributed by atoms with Crippen LogP contribution < -0.4 is 5.73 Å². The summed E-state index contributed by atoms with van der Waals surface area (Å²) in [5, 5.41) is 0. The molecule has 0 saturated heterocycles. The van der Waals surface area contributed by atoms with Crippen LogP contribution in [0.15, 0.2) is 0 Å². The summed E-state index contributed by atoms with van der Waals surface area (Å²) in [5.41, 5.74) is 5.80. The largest absolute Gasteiger partial charge is 0.325 e. The summed E-state index contributed by atoms with van der Waals surface area (Å²) < 4.78 is -3.29. The van der Waals surface area contributed by atoms with Crippen molar-refractivity contribution in [3.05, 3.63) is 17.5 Å². The first kappa shape index (κ1) is 19.7. The summed E-state index contributed by atoms with van der Waals surface area (Å²) in [6.07, 6.45) is 0. The number of quaternary nitrogens is 1. The van der Waals surface area contributed by atoms with E-state index in [0.29, 0.717) is 10.3 Å². The maximum absolute atomic E-state index is 5.83. The molecule has 0 spiro atoms. The Labute approximate surface area is 153 Å². The van der Waals surface area contributed by atoms with Crippen LogP contribution in [-0.4, -0.2) is 47.1 Å². The standard InChI is InChI=1S/C10H14Cl6N5/c1-21(2,3)5(4-17)6-18-7(9(11,12)13)20-8(19-6)10(14,15)16/h5H,4,17H2,1-3H3/q+1. The first-order chi connectivity index (χ1) is 9.26. The van der Waals surface area contributed by atoms with E-state index in [2.05, 4.69) is 15.0 Å². The van der Waals surface area contributed by atoms with E-state index >= 15 is 0 Å². The predicted octanol–water partition coefficient (Wildman–Crippen LogP) is 3.23. The molecule has 5 nitrogen and oxygen atoms in total. The van der Waals surface area contributed by atoms with Gasteiger partial charge in [-0.05, 0) is 0 Å². The molecular formula is C10H14Cl6N5+. The number of hydrogen-bond donors (Lipinski definition) is 1. The van der Waals surface area contributed by atoms with Crippen molar-refractivity contribution in [3.8, 4) is 0 Å². The van der Waals surface area contributed by atoms with E-state index in [1.165, 1.54) is 0 Å². The zero-order chi connectivity index (χ0) is 16.6. The molecule has 2 N–H and O–H groups in total. The minimum Gasteiger partial charge on any atom is -0.325 e. The molecule has 0 radical (unpaired) electrons. The van der Waals surface area contributed by atoms with E-state index < -0.39 is 7.59 Å². The Morgan fingerprint density at radius 2 is 1.29 bits per heavy atom. The molecule has 0 aliphatic rings. The molecule has 1 atom stereocenters. The van der Waals surface area contributed by atoms with Crippen LogP contribution in [0.1, 0.15) is 23.5 Å². The van der Waals surface area contributed by atoms with E-state index in [9.17, 15) is 0 Å². The fourth-order valence-electron chi connectivity index (χ4n) is 1.56. The lowest BCUT2D eigenvalue weighted by Gasteiger charge is -2.32. The van der Waals surface area contributed by atoms with Crippen LogP contribution in [0, 0.1) is 0 Å². The lowest BCUT2D eigenvalue weighted by molar-refractivity contribution is -0.901. The Kier molecular flexibility index (Phi) is 6.25. The number of likely N-dealkylation sites (N-methyl/N-ethyl adjacent to an activating group) is 1. The summed E-state index contributed by atoms with van der Waals surface area (Å²) in [7, 11) is 5.77. The Bertz CT molecular complexity index is 472. The third-order valence-corrected chi connectivity index (χ3v) is 3.63. The van der Waals surface area contributed by atoms with Gasteiger partial charge in [0.25, 0.3) is 0 Å². The van der Waals surface area contributed by atoms with Gasteiger partial charge in [0, 0.05) is 0 Å². The number of halogens is 6. The molecule has 0 aliphatic heterocycles. The highest BCUT2D eigenvalue weighted by atomic mass is 35.6. The molecular weight excluding hydrogens is 403 g/mol. The molecule has 1 aromatic heterocycles. The minimum absolute atomic E-state index is 0.120. The molecule has 1 aromatic rings. The Hall–Kier alpha value is 0.670. The highest BCUT2D eigenvalue weighted by molar-refractivity contribution is 6.67. The summed E-state index contributed by atoms with van der Waals surface area (Å²) >= 11 is 35.0. The van der Waals surface area contributed by atoms with Crippen molar-refractivity contribution in [2.45, 2.75) is 13.6 Å². The van der Waals surface area contributed by atoms with Gasteiger partial charge in [-0.2, -0.15) is 0 Å². The lowest BCUT2D eigenvalue weighted by Crippen LogP contribution is -2.44. The maximum Gasteiger partial charge on any atom is 0.250 e. The molecule has 0 saturated carbocycles. The highest BCUT2D eigenvalue weighted by Gasteiger charge is 2.37. The monoisotopic (exact) mass is 414 g/mol. The number of rotatable bonds is 3. The third kappa shape index (κ3) is 5.36.